The van der Waals surface area contributed by atoms with Gasteiger partial charge in [0, 0.05) is 24.8 Å². The van der Waals surface area contributed by atoms with Crippen molar-refractivity contribution in [2.24, 2.45) is 5.92 Å². The standard InChI is InChI=1S/C25H32FNO5S/c1-3-18-12-20-5-4-17(2)27(25(20)23(26)13-18)33(29,30)22-6-7-24(21(14-22)15-28)32-16-19-8-10-31-11-9-19/h6-7,12-14,17,19,28H,3-5,8-11,15-16H2,1-2H3/t17-/m0/s1. The van der Waals surface area contributed by atoms with Crippen LogP contribution in [0.3, 0.4) is 0 Å². The molecule has 8 heteroatoms. The molecular formula is C25H32FNO5S. The molecule has 0 spiro atoms. The largest absolute Gasteiger partial charge is 0.493 e. The highest BCUT2D eigenvalue weighted by Crippen LogP contribution is 2.39. The summed E-state index contributed by atoms with van der Waals surface area (Å²) in [5.74, 6) is 0.322. The summed E-state index contributed by atoms with van der Waals surface area (Å²) < 4.78 is 54.9. The Bertz CT molecular complexity index is 1100. The molecule has 2 heterocycles. The Balaban J connectivity index is 1.64. The fourth-order valence-corrected chi connectivity index (χ4v) is 6.42. The fraction of sp³-hybridized carbons (Fsp3) is 0.520. The van der Waals surface area contributed by atoms with Crippen molar-refractivity contribution in [3.63, 3.8) is 0 Å². The molecule has 0 saturated carbocycles. The van der Waals surface area contributed by atoms with Crippen LogP contribution in [0, 0.1) is 11.7 Å². The zero-order chi connectivity index (χ0) is 23.6. The van der Waals surface area contributed by atoms with Gasteiger partial charge in [-0.3, -0.25) is 4.31 Å². The molecule has 2 aromatic carbocycles. The molecule has 0 bridgehead atoms. The van der Waals surface area contributed by atoms with Gasteiger partial charge in [-0.15, -0.1) is 0 Å². The van der Waals surface area contributed by atoms with Crippen LogP contribution in [-0.2, 0) is 34.2 Å². The molecule has 4 rings (SSSR count). The summed E-state index contributed by atoms with van der Waals surface area (Å²) in [6.45, 7) is 5.31. The van der Waals surface area contributed by atoms with E-state index in [9.17, 15) is 13.5 Å². The summed E-state index contributed by atoms with van der Waals surface area (Å²) >= 11 is 0. The SMILES string of the molecule is CCc1cc(F)c2c(c1)CC[C@H](C)N2S(=O)(=O)c1ccc(OCC2CCOCC2)c(CO)c1. The van der Waals surface area contributed by atoms with E-state index in [2.05, 4.69) is 0 Å². The lowest BCUT2D eigenvalue weighted by atomic mass is 9.96. The second kappa shape index (κ2) is 9.99. The van der Waals surface area contributed by atoms with Gasteiger partial charge in [0.05, 0.1) is 23.8 Å². The number of rotatable bonds is 7. The van der Waals surface area contributed by atoms with Crippen molar-refractivity contribution in [3.05, 3.63) is 52.8 Å². The van der Waals surface area contributed by atoms with Crippen LogP contribution in [0.15, 0.2) is 35.2 Å². The number of hydrogen-bond donors (Lipinski definition) is 1. The molecule has 1 saturated heterocycles. The molecule has 1 atom stereocenters. The van der Waals surface area contributed by atoms with Crippen LogP contribution in [0.2, 0.25) is 0 Å². The first-order valence-electron chi connectivity index (χ1n) is 11.6. The van der Waals surface area contributed by atoms with Crippen LogP contribution in [0.4, 0.5) is 10.1 Å². The Kier molecular flexibility index (Phi) is 7.26. The first kappa shape index (κ1) is 24.0. The van der Waals surface area contributed by atoms with Crippen molar-refractivity contribution in [3.8, 4) is 5.75 Å². The van der Waals surface area contributed by atoms with Crippen LogP contribution in [-0.4, -0.2) is 39.4 Å². The lowest BCUT2D eigenvalue weighted by molar-refractivity contribution is 0.0494. The monoisotopic (exact) mass is 477 g/mol. The molecule has 0 aromatic heterocycles. The van der Waals surface area contributed by atoms with E-state index in [-0.39, 0.29) is 23.2 Å². The first-order chi connectivity index (χ1) is 15.8. The number of hydrogen-bond acceptors (Lipinski definition) is 5. The lowest BCUT2D eigenvalue weighted by Crippen LogP contribution is -2.42. The van der Waals surface area contributed by atoms with Gasteiger partial charge in [0.25, 0.3) is 10.0 Å². The van der Waals surface area contributed by atoms with Crippen molar-refractivity contribution in [2.45, 2.75) is 63.5 Å². The highest BCUT2D eigenvalue weighted by molar-refractivity contribution is 7.92. The van der Waals surface area contributed by atoms with Crippen molar-refractivity contribution in [1.29, 1.82) is 0 Å². The Labute approximate surface area is 195 Å². The zero-order valence-corrected chi connectivity index (χ0v) is 20.0. The quantitative estimate of drug-likeness (QED) is 0.646. The molecule has 2 aromatic rings. The number of anilines is 1. The number of fused-ring (bicyclic) bond motifs is 1. The van der Waals surface area contributed by atoms with Crippen LogP contribution >= 0.6 is 0 Å². The third-order valence-corrected chi connectivity index (χ3v) is 8.55. The van der Waals surface area contributed by atoms with Gasteiger partial charge in [-0.1, -0.05) is 13.0 Å². The topological polar surface area (TPSA) is 76.1 Å². The second-order valence-electron chi connectivity index (χ2n) is 8.92. The molecule has 2 aliphatic rings. The molecule has 0 radical (unpaired) electrons. The van der Waals surface area contributed by atoms with E-state index in [0.29, 0.717) is 61.9 Å². The molecule has 33 heavy (non-hydrogen) atoms. The van der Waals surface area contributed by atoms with Gasteiger partial charge in [-0.2, -0.15) is 0 Å². The molecule has 1 N–H and O–H groups in total. The summed E-state index contributed by atoms with van der Waals surface area (Å²) in [5, 5.41) is 9.90. The maximum atomic E-state index is 15.1. The normalized spacial score (nSPS) is 19.4. The minimum Gasteiger partial charge on any atom is -0.493 e. The molecular weight excluding hydrogens is 445 g/mol. The lowest BCUT2D eigenvalue weighted by Gasteiger charge is -2.36. The van der Waals surface area contributed by atoms with Crippen molar-refractivity contribution >= 4 is 15.7 Å². The van der Waals surface area contributed by atoms with Crippen molar-refractivity contribution < 1.29 is 27.4 Å². The summed E-state index contributed by atoms with van der Waals surface area (Å²) in [6, 6.07) is 7.45. The third kappa shape index (κ3) is 4.88. The maximum Gasteiger partial charge on any atom is 0.264 e. The molecule has 0 unspecified atom stereocenters. The van der Waals surface area contributed by atoms with Gasteiger partial charge in [0.2, 0.25) is 0 Å². The third-order valence-electron chi connectivity index (χ3n) is 6.64. The van der Waals surface area contributed by atoms with Crippen LogP contribution in [0.5, 0.6) is 5.75 Å². The van der Waals surface area contributed by atoms with Crippen molar-refractivity contribution in [2.75, 3.05) is 24.1 Å². The van der Waals surface area contributed by atoms with Gasteiger partial charge in [-0.25, -0.2) is 12.8 Å². The van der Waals surface area contributed by atoms with E-state index in [4.69, 9.17) is 9.47 Å². The Morgan fingerprint density at radius 3 is 2.64 bits per heavy atom. The molecule has 0 aliphatic carbocycles. The number of aryl methyl sites for hydroxylation is 2. The van der Waals surface area contributed by atoms with Crippen LogP contribution < -0.4 is 9.04 Å². The van der Waals surface area contributed by atoms with Crippen LogP contribution in [0.25, 0.3) is 0 Å². The number of halogens is 1. The predicted octanol–water partition coefficient (Wildman–Crippen LogP) is 4.22. The highest BCUT2D eigenvalue weighted by atomic mass is 32.2. The van der Waals surface area contributed by atoms with Gasteiger partial charge in [0.1, 0.15) is 11.6 Å². The summed E-state index contributed by atoms with van der Waals surface area (Å²) in [6.07, 6.45) is 3.75. The summed E-state index contributed by atoms with van der Waals surface area (Å²) in [5.41, 5.74) is 2.10. The molecule has 0 amide bonds. The number of benzene rings is 2. The minimum atomic E-state index is -4.04. The first-order valence-corrected chi connectivity index (χ1v) is 13.1. The molecule has 6 nitrogen and oxygen atoms in total. The Morgan fingerprint density at radius 1 is 1.18 bits per heavy atom. The average molecular weight is 478 g/mol. The average Bonchev–Trinajstić information content (AvgIpc) is 2.83. The Hall–Kier alpha value is -2.16. The maximum absolute atomic E-state index is 15.1. The van der Waals surface area contributed by atoms with Gasteiger partial charge >= 0.3 is 0 Å². The van der Waals surface area contributed by atoms with E-state index < -0.39 is 15.8 Å². The van der Waals surface area contributed by atoms with Gasteiger partial charge < -0.3 is 14.6 Å². The van der Waals surface area contributed by atoms with E-state index in [1.165, 1.54) is 22.5 Å². The second-order valence-corrected chi connectivity index (χ2v) is 10.7. The van der Waals surface area contributed by atoms with E-state index in [1.807, 2.05) is 13.0 Å². The zero-order valence-electron chi connectivity index (χ0n) is 19.2. The van der Waals surface area contributed by atoms with E-state index >= 15 is 4.39 Å². The molecule has 1 fully saturated rings. The molecule has 180 valence electrons. The Morgan fingerprint density at radius 2 is 1.94 bits per heavy atom. The van der Waals surface area contributed by atoms with Gasteiger partial charge in [-0.05, 0) is 80.3 Å². The van der Waals surface area contributed by atoms with E-state index in [1.54, 1.807) is 13.0 Å². The minimum absolute atomic E-state index is 0.0173. The van der Waals surface area contributed by atoms with Gasteiger partial charge in [0.15, 0.2) is 0 Å². The smallest absolute Gasteiger partial charge is 0.264 e. The van der Waals surface area contributed by atoms with E-state index in [0.717, 1.165) is 18.4 Å². The number of sulfonamides is 1. The number of aliphatic hydroxyl groups is 1. The predicted molar refractivity (Wildman–Crippen MR) is 125 cm³/mol. The highest BCUT2D eigenvalue weighted by Gasteiger charge is 2.36. The number of aliphatic hydroxyl groups excluding tert-OH is 1. The van der Waals surface area contributed by atoms with Crippen molar-refractivity contribution in [1.82, 2.24) is 0 Å². The summed E-state index contributed by atoms with van der Waals surface area (Å²) in [4.78, 5) is 0.0173. The van der Waals surface area contributed by atoms with Crippen LogP contribution in [0.1, 0.15) is 49.8 Å². The fourth-order valence-electron chi connectivity index (χ4n) is 4.63. The number of ether oxygens (including phenoxy) is 2. The summed E-state index contributed by atoms with van der Waals surface area (Å²) in [7, 11) is -4.04. The molecule has 2 aliphatic heterocycles. The number of nitrogens with zero attached hydrogens (tertiary/aromatic N) is 1.